The maximum absolute atomic E-state index is 2.56. The first-order chi connectivity index (χ1) is 14.4. The highest BCUT2D eigenvalue weighted by Gasteiger charge is 2.28. The Morgan fingerprint density at radius 2 is 1.61 bits per heavy atom. The minimum Gasteiger partial charge on any atom is -0.0798 e. The Balaban J connectivity index is 2.17. The third-order valence-electron chi connectivity index (χ3n) is 6.88. The van der Waals surface area contributed by atoms with E-state index in [-0.39, 0.29) is 10.8 Å². The first kappa shape index (κ1) is 22.2. The molecular weight excluding hydrogens is 388 g/mol. The van der Waals surface area contributed by atoms with E-state index in [0.29, 0.717) is 0 Å². The highest BCUT2D eigenvalue weighted by Crippen LogP contribution is 2.40. The number of allylic oxidation sites excluding steroid dienone is 4. The van der Waals surface area contributed by atoms with E-state index in [1.807, 2.05) is 0 Å². The molecule has 0 N–H and O–H groups in total. The van der Waals surface area contributed by atoms with Crippen molar-refractivity contribution >= 4 is 20.1 Å². The Hall–Kier alpha value is -1.99. The van der Waals surface area contributed by atoms with Crippen molar-refractivity contribution in [2.75, 3.05) is 0 Å². The SMILES string of the molecule is CCC1=C(c2c(C(C)(C)C)c(=[Si](C)C)cc3c2=Cc2cc(C(C)(C)C)ccc2-3)CC=C1. The molecule has 0 amide bonds. The van der Waals surface area contributed by atoms with Crippen LogP contribution in [0.5, 0.6) is 0 Å². The molecule has 0 radical (unpaired) electrons. The zero-order valence-corrected chi connectivity index (χ0v) is 22.0. The lowest BCUT2D eigenvalue weighted by Gasteiger charge is -2.27. The van der Waals surface area contributed by atoms with Crippen LogP contribution in [0, 0.1) is 4.81 Å². The normalized spacial score (nSPS) is 15.3. The van der Waals surface area contributed by atoms with Gasteiger partial charge in [0.15, 0.2) is 0 Å². The predicted molar refractivity (Wildman–Crippen MR) is 140 cm³/mol. The Morgan fingerprint density at radius 1 is 0.903 bits per heavy atom. The van der Waals surface area contributed by atoms with Crippen molar-refractivity contribution in [3.63, 3.8) is 0 Å². The minimum atomic E-state index is -0.609. The molecule has 162 valence electrons. The van der Waals surface area contributed by atoms with Crippen molar-refractivity contribution < 1.29 is 0 Å². The van der Waals surface area contributed by atoms with E-state index < -0.39 is 8.41 Å². The third kappa shape index (κ3) is 3.76. The largest absolute Gasteiger partial charge is 0.0798 e. The van der Waals surface area contributed by atoms with Gasteiger partial charge in [-0.15, -0.1) is 0 Å². The van der Waals surface area contributed by atoms with E-state index in [1.165, 1.54) is 33.0 Å². The van der Waals surface area contributed by atoms with Crippen LogP contribution in [0.15, 0.2) is 42.0 Å². The summed E-state index contributed by atoms with van der Waals surface area (Å²) in [5, 5.41) is 1.46. The molecule has 2 aliphatic carbocycles. The molecule has 0 bridgehead atoms. The molecule has 0 fully saturated rings. The molecule has 0 aliphatic heterocycles. The maximum Gasteiger partial charge on any atom is 0.0132 e. The van der Waals surface area contributed by atoms with E-state index in [0.717, 1.165) is 12.8 Å². The van der Waals surface area contributed by atoms with Gasteiger partial charge < -0.3 is 0 Å². The van der Waals surface area contributed by atoms with Crippen LogP contribution >= 0.6 is 0 Å². The van der Waals surface area contributed by atoms with E-state index in [9.17, 15) is 0 Å². The Kier molecular flexibility index (Phi) is 5.41. The summed E-state index contributed by atoms with van der Waals surface area (Å²) in [4.78, 5) is 1.61. The van der Waals surface area contributed by atoms with Crippen LogP contribution in [0.1, 0.15) is 83.6 Å². The van der Waals surface area contributed by atoms with Crippen LogP contribution in [0.4, 0.5) is 0 Å². The topological polar surface area (TPSA) is 0 Å². The number of benzene rings is 2. The molecule has 0 saturated carbocycles. The van der Waals surface area contributed by atoms with Gasteiger partial charge in [0, 0.05) is 8.41 Å². The quantitative estimate of drug-likeness (QED) is 0.367. The zero-order valence-electron chi connectivity index (χ0n) is 21.0. The summed E-state index contributed by atoms with van der Waals surface area (Å²) in [6.07, 6.45) is 9.39. The second kappa shape index (κ2) is 7.55. The van der Waals surface area contributed by atoms with Gasteiger partial charge in [0.25, 0.3) is 0 Å². The molecule has 0 spiro atoms. The van der Waals surface area contributed by atoms with Crippen LogP contribution < -0.4 is 5.22 Å². The van der Waals surface area contributed by atoms with Crippen molar-refractivity contribution in [3.05, 3.63) is 74.3 Å². The van der Waals surface area contributed by atoms with Crippen molar-refractivity contribution in [2.45, 2.75) is 85.2 Å². The Labute approximate surface area is 190 Å². The van der Waals surface area contributed by atoms with E-state index in [4.69, 9.17) is 0 Å². The molecule has 2 aromatic carbocycles. The monoisotopic (exact) mass is 426 g/mol. The molecule has 0 nitrogen and oxygen atoms in total. The average molecular weight is 427 g/mol. The van der Waals surface area contributed by atoms with Gasteiger partial charge in [-0.2, -0.15) is 0 Å². The number of fused-ring (bicyclic) bond motifs is 3. The van der Waals surface area contributed by atoms with Crippen molar-refractivity contribution in [3.8, 4) is 11.1 Å². The van der Waals surface area contributed by atoms with Gasteiger partial charge >= 0.3 is 0 Å². The number of rotatable bonds is 2. The van der Waals surface area contributed by atoms with E-state index in [2.05, 4.69) is 104 Å². The second-order valence-electron chi connectivity index (χ2n) is 11.5. The molecule has 1 heteroatoms. The molecular formula is C30H38Si. The van der Waals surface area contributed by atoms with E-state index in [1.54, 1.807) is 21.5 Å². The third-order valence-corrected chi connectivity index (χ3v) is 8.35. The summed E-state index contributed by atoms with van der Waals surface area (Å²) in [6, 6.07) is 9.71. The van der Waals surface area contributed by atoms with Crippen LogP contribution in [-0.2, 0) is 10.8 Å². The molecule has 0 heterocycles. The highest BCUT2D eigenvalue weighted by molar-refractivity contribution is 6.47. The average Bonchev–Trinajstić information content (AvgIpc) is 3.28. The summed E-state index contributed by atoms with van der Waals surface area (Å²) >= 11 is 0. The summed E-state index contributed by atoms with van der Waals surface area (Å²) in [5.41, 5.74) is 12.2. The molecule has 0 unspecified atom stereocenters. The fourth-order valence-corrected chi connectivity index (χ4v) is 6.68. The van der Waals surface area contributed by atoms with Gasteiger partial charge in [0.05, 0.1) is 0 Å². The Morgan fingerprint density at radius 3 is 2.19 bits per heavy atom. The van der Waals surface area contributed by atoms with Gasteiger partial charge in [0.2, 0.25) is 0 Å². The summed E-state index contributed by atoms with van der Waals surface area (Å²) in [5.74, 6) is 0. The van der Waals surface area contributed by atoms with Gasteiger partial charge in [-0.3, -0.25) is 0 Å². The fourth-order valence-electron chi connectivity index (χ4n) is 5.25. The zero-order chi connectivity index (χ0) is 22.7. The predicted octanol–water partition coefficient (Wildman–Crippen LogP) is 7.80. The standard InChI is InChI=1S/C30H38Si/c1-10-19-12-11-13-23(19)27-25-17-20-16-21(29(2,3)4)14-15-22(20)24(25)18-26(31(8)9)28(27)30(5,6)7/h11-12,14-18H,10,13H2,1-9H3. The molecule has 2 aliphatic rings. The second-order valence-corrected chi connectivity index (χ2v) is 14.1. The lowest BCUT2D eigenvalue weighted by atomic mass is 9.79. The first-order valence-corrected chi connectivity index (χ1v) is 14.3. The number of hydrogen-bond donors (Lipinski definition) is 0. The smallest absolute Gasteiger partial charge is 0.0132 e. The lowest BCUT2D eigenvalue weighted by molar-refractivity contribution is 0.585. The minimum absolute atomic E-state index is 0.120. The van der Waals surface area contributed by atoms with Gasteiger partial charge in [-0.05, 0) is 84.3 Å². The summed E-state index contributed by atoms with van der Waals surface area (Å²) in [7, 11) is -0.609. The lowest BCUT2D eigenvalue weighted by Crippen LogP contribution is -2.24. The molecule has 4 rings (SSSR count). The molecule has 0 atom stereocenters. The maximum atomic E-state index is 2.56. The molecule has 0 saturated heterocycles. The van der Waals surface area contributed by atoms with Gasteiger partial charge in [0.1, 0.15) is 0 Å². The molecule has 0 aromatic heterocycles. The van der Waals surface area contributed by atoms with Crippen LogP contribution in [0.2, 0.25) is 13.1 Å². The number of hydrogen-bond acceptors (Lipinski definition) is 0. The Bertz CT molecular complexity index is 1250. The van der Waals surface area contributed by atoms with Crippen LogP contribution in [-0.4, -0.2) is 8.41 Å². The molecule has 31 heavy (non-hydrogen) atoms. The molecule has 2 aromatic rings. The summed E-state index contributed by atoms with van der Waals surface area (Å²) in [6.45, 7) is 21.3. The highest BCUT2D eigenvalue weighted by atomic mass is 28.2. The van der Waals surface area contributed by atoms with Crippen molar-refractivity contribution in [2.24, 2.45) is 0 Å². The fraction of sp³-hybridized carbons (Fsp3) is 0.433. The van der Waals surface area contributed by atoms with E-state index >= 15 is 0 Å². The van der Waals surface area contributed by atoms with Gasteiger partial charge in [-0.25, -0.2) is 0 Å². The van der Waals surface area contributed by atoms with Crippen molar-refractivity contribution in [1.29, 1.82) is 0 Å². The van der Waals surface area contributed by atoms with Crippen molar-refractivity contribution in [1.82, 2.24) is 0 Å². The van der Waals surface area contributed by atoms with Crippen LogP contribution in [0.25, 0.3) is 22.8 Å². The van der Waals surface area contributed by atoms with Crippen LogP contribution in [0.3, 0.4) is 0 Å². The van der Waals surface area contributed by atoms with Gasteiger partial charge in [-0.1, -0.05) is 98.0 Å². The first-order valence-electron chi connectivity index (χ1n) is 11.8. The summed E-state index contributed by atoms with van der Waals surface area (Å²) < 4.78 is 0.